The van der Waals surface area contributed by atoms with Crippen molar-refractivity contribution >= 4 is 23.4 Å². The number of hydrogen-bond donors (Lipinski definition) is 1. The van der Waals surface area contributed by atoms with Crippen molar-refractivity contribution < 1.29 is 28.6 Å². The molecule has 0 atom stereocenters. The van der Waals surface area contributed by atoms with Crippen molar-refractivity contribution in [3.8, 4) is 17.2 Å². The van der Waals surface area contributed by atoms with Gasteiger partial charge in [-0.2, -0.15) is 0 Å². The summed E-state index contributed by atoms with van der Waals surface area (Å²) < 4.78 is 15.7. The predicted molar refractivity (Wildman–Crippen MR) is 126 cm³/mol. The Morgan fingerprint density at radius 2 is 1.50 bits per heavy atom. The van der Waals surface area contributed by atoms with Gasteiger partial charge >= 0.3 is 0 Å². The summed E-state index contributed by atoms with van der Waals surface area (Å²) in [7, 11) is 4.67. The number of fused-ring (bicyclic) bond motifs is 1. The van der Waals surface area contributed by atoms with E-state index in [4.69, 9.17) is 14.2 Å². The zero-order valence-electron chi connectivity index (χ0n) is 19.1. The lowest BCUT2D eigenvalue weighted by Crippen LogP contribution is -2.31. The van der Waals surface area contributed by atoms with Crippen molar-refractivity contribution in [2.45, 2.75) is 6.42 Å². The SMILES string of the molecule is COc1ccc(NC(=O)c2ccc3c(c2)C(=O)N(CCc2ccc(OC)c(OC)c2)C3=O)cc1. The standard InChI is InChI=1S/C26H24N2O6/c1-32-19-8-6-18(7-9-19)27-24(29)17-5-10-20-21(15-17)26(31)28(25(20)30)13-12-16-4-11-22(33-2)23(14-16)34-3/h4-11,14-15H,12-13H2,1-3H3,(H,27,29). The van der Waals surface area contributed by atoms with Gasteiger partial charge in [0.05, 0.1) is 32.5 Å². The molecule has 0 aliphatic carbocycles. The van der Waals surface area contributed by atoms with E-state index in [-0.39, 0.29) is 29.5 Å². The number of anilines is 1. The summed E-state index contributed by atoms with van der Waals surface area (Å²) in [6.45, 7) is 0.204. The summed E-state index contributed by atoms with van der Waals surface area (Å²) >= 11 is 0. The van der Waals surface area contributed by atoms with E-state index in [0.717, 1.165) is 5.56 Å². The molecule has 1 aliphatic rings. The molecule has 0 bridgehead atoms. The molecule has 0 radical (unpaired) electrons. The maximum Gasteiger partial charge on any atom is 0.261 e. The Bertz CT molecular complexity index is 1250. The van der Waals surface area contributed by atoms with Gasteiger partial charge in [0.15, 0.2) is 11.5 Å². The van der Waals surface area contributed by atoms with Crippen LogP contribution in [0.3, 0.4) is 0 Å². The largest absolute Gasteiger partial charge is 0.497 e. The van der Waals surface area contributed by atoms with Gasteiger partial charge in [-0.05, 0) is 66.6 Å². The number of rotatable bonds is 8. The molecule has 0 unspecified atom stereocenters. The second-order valence-electron chi connectivity index (χ2n) is 7.64. The van der Waals surface area contributed by atoms with Gasteiger partial charge in [0.1, 0.15) is 5.75 Å². The first-order valence-corrected chi connectivity index (χ1v) is 10.6. The molecule has 3 aromatic rings. The first kappa shape index (κ1) is 22.8. The second kappa shape index (κ2) is 9.66. The summed E-state index contributed by atoms with van der Waals surface area (Å²) in [5.41, 5.74) is 2.29. The summed E-state index contributed by atoms with van der Waals surface area (Å²) in [4.78, 5) is 39.7. The van der Waals surface area contributed by atoms with Crippen molar-refractivity contribution in [1.82, 2.24) is 4.90 Å². The Morgan fingerprint density at radius 3 is 2.18 bits per heavy atom. The van der Waals surface area contributed by atoms with Crippen molar-refractivity contribution in [3.05, 3.63) is 82.9 Å². The third kappa shape index (κ3) is 4.43. The molecule has 174 valence electrons. The molecule has 0 saturated carbocycles. The van der Waals surface area contributed by atoms with Gasteiger partial charge in [-0.3, -0.25) is 19.3 Å². The van der Waals surface area contributed by atoms with Gasteiger partial charge in [0.2, 0.25) is 0 Å². The number of hydrogen-bond acceptors (Lipinski definition) is 6. The molecule has 0 spiro atoms. The van der Waals surface area contributed by atoms with Crippen LogP contribution in [-0.2, 0) is 6.42 Å². The van der Waals surface area contributed by atoms with Gasteiger partial charge < -0.3 is 19.5 Å². The van der Waals surface area contributed by atoms with Crippen LogP contribution in [0, 0.1) is 0 Å². The summed E-state index contributed by atoms with van der Waals surface area (Å²) in [5.74, 6) is 0.689. The normalized spacial score (nSPS) is 12.4. The molecule has 8 heteroatoms. The molecule has 0 fully saturated rings. The summed E-state index contributed by atoms with van der Waals surface area (Å²) in [5, 5.41) is 2.78. The number of amides is 3. The molecular formula is C26H24N2O6. The van der Waals surface area contributed by atoms with E-state index in [1.165, 1.54) is 17.0 Å². The molecule has 3 amide bonds. The third-order valence-electron chi connectivity index (χ3n) is 5.65. The Hall–Kier alpha value is -4.33. The van der Waals surface area contributed by atoms with Crippen molar-refractivity contribution in [1.29, 1.82) is 0 Å². The first-order valence-electron chi connectivity index (χ1n) is 10.6. The molecular weight excluding hydrogens is 436 g/mol. The monoisotopic (exact) mass is 460 g/mol. The lowest BCUT2D eigenvalue weighted by atomic mass is 10.1. The van der Waals surface area contributed by atoms with Crippen molar-refractivity contribution in [2.75, 3.05) is 33.2 Å². The van der Waals surface area contributed by atoms with Gasteiger partial charge in [-0.25, -0.2) is 0 Å². The quantitative estimate of drug-likeness (QED) is 0.514. The maximum atomic E-state index is 13.0. The van der Waals surface area contributed by atoms with Gasteiger partial charge in [-0.1, -0.05) is 6.07 Å². The molecule has 34 heavy (non-hydrogen) atoms. The molecule has 1 heterocycles. The summed E-state index contributed by atoms with van der Waals surface area (Å²) in [6, 6.07) is 16.9. The van der Waals surface area contributed by atoms with Crippen LogP contribution in [0.5, 0.6) is 17.2 Å². The van der Waals surface area contributed by atoms with Crippen LogP contribution in [0.25, 0.3) is 0 Å². The minimum Gasteiger partial charge on any atom is -0.497 e. The van der Waals surface area contributed by atoms with Crippen molar-refractivity contribution in [3.63, 3.8) is 0 Å². The lowest BCUT2D eigenvalue weighted by Gasteiger charge is -2.14. The van der Waals surface area contributed by atoms with Crippen molar-refractivity contribution in [2.24, 2.45) is 0 Å². The summed E-state index contributed by atoms with van der Waals surface area (Å²) in [6.07, 6.45) is 0.455. The number of ether oxygens (including phenoxy) is 3. The fourth-order valence-electron chi connectivity index (χ4n) is 3.79. The molecule has 4 rings (SSSR count). The Balaban J connectivity index is 1.46. The maximum absolute atomic E-state index is 13.0. The number of carbonyl (C=O) groups is 3. The minimum absolute atomic E-state index is 0.204. The van der Waals surface area contributed by atoms with Crippen LogP contribution in [-0.4, -0.2) is 50.5 Å². The van der Waals surface area contributed by atoms with Crippen LogP contribution >= 0.6 is 0 Å². The zero-order valence-corrected chi connectivity index (χ0v) is 19.1. The smallest absolute Gasteiger partial charge is 0.261 e. The fourth-order valence-corrected chi connectivity index (χ4v) is 3.79. The first-order chi connectivity index (χ1) is 16.4. The average Bonchev–Trinajstić information content (AvgIpc) is 3.11. The molecule has 0 saturated heterocycles. The minimum atomic E-state index is -0.417. The highest BCUT2D eigenvalue weighted by Gasteiger charge is 2.35. The van der Waals surface area contributed by atoms with E-state index in [1.54, 1.807) is 57.7 Å². The molecule has 1 aliphatic heterocycles. The highest BCUT2D eigenvalue weighted by molar-refractivity contribution is 6.22. The van der Waals surface area contributed by atoms with E-state index in [2.05, 4.69) is 5.32 Å². The van der Waals surface area contributed by atoms with Gasteiger partial charge in [0.25, 0.3) is 17.7 Å². The van der Waals surface area contributed by atoms with Crippen LogP contribution < -0.4 is 19.5 Å². The van der Waals surface area contributed by atoms with Gasteiger partial charge in [0, 0.05) is 17.8 Å². The predicted octanol–water partition coefficient (Wildman–Crippen LogP) is 3.80. The lowest BCUT2D eigenvalue weighted by molar-refractivity contribution is 0.0656. The fraction of sp³-hybridized carbons (Fsp3) is 0.192. The van der Waals surface area contributed by atoms with E-state index in [1.807, 2.05) is 12.1 Å². The van der Waals surface area contributed by atoms with Crippen LogP contribution in [0.1, 0.15) is 36.6 Å². The number of methoxy groups -OCH3 is 3. The average molecular weight is 460 g/mol. The highest BCUT2D eigenvalue weighted by atomic mass is 16.5. The topological polar surface area (TPSA) is 94.2 Å². The number of nitrogens with zero attached hydrogens (tertiary/aromatic N) is 1. The molecule has 0 aromatic heterocycles. The van der Waals surface area contributed by atoms with Crippen LogP contribution in [0.15, 0.2) is 60.7 Å². The van der Waals surface area contributed by atoms with E-state index < -0.39 is 5.91 Å². The van der Waals surface area contributed by atoms with E-state index in [9.17, 15) is 14.4 Å². The molecule has 1 N–H and O–H groups in total. The number of carbonyl (C=O) groups excluding carboxylic acids is 3. The Labute approximate surface area is 197 Å². The zero-order chi connectivity index (χ0) is 24.2. The Morgan fingerprint density at radius 1 is 0.794 bits per heavy atom. The van der Waals surface area contributed by atoms with Crippen LogP contribution in [0.4, 0.5) is 5.69 Å². The number of imide groups is 1. The van der Waals surface area contributed by atoms with E-state index >= 15 is 0 Å². The third-order valence-corrected chi connectivity index (χ3v) is 5.65. The van der Waals surface area contributed by atoms with Gasteiger partial charge in [-0.15, -0.1) is 0 Å². The number of nitrogens with one attached hydrogen (secondary N) is 1. The highest BCUT2D eigenvalue weighted by Crippen LogP contribution is 2.29. The molecule has 8 nitrogen and oxygen atoms in total. The van der Waals surface area contributed by atoms with E-state index in [0.29, 0.717) is 34.9 Å². The van der Waals surface area contributed by atoms with Crippen LogP contribution in [0.2, 0.25) is 0 Å². The Kier molecular flexibility index (Phi) is 6.49. The molecule has 3 aromatic carbocycles. The number of benzene rings is 3. The second-order valence-corrected chi connectivity index (χ2v) is 7.64.